The highest BCUT2D eigenvalue weighted by atomic mass is 16.5. The van der Waals surface area contributed by atoms with Crippen LogP contribution in [0.5, 0.6) is 11.5 Å². The number of ether oxygens (including phenoxy) is 3. The van der Waals surface area contributed by atoms with E-state index in [1.54, 1.807) is 13.2 Å². The van der Waals surface area contributed by atoms with E-state index in [9.17, 15) is 14.7 Å². The van der Waals surface area contributed by atoms with E-state index < -0.39 is 5.97 Å². The largest absolute Gasteiger partial charge is 0.496 e. The van der Waals surface area contributed by atoms with Crippen LogP contribution in [0.15, 0.2) is 29.4 Å². The van der Waals surface area contributed by atoms with Crippen molar-refractivity contribution in [2.75, 3.05) is 20.3 Å². The monoisotopic (exact) mass is 412 g/mol. The van der Waals surface area contributed by atoms with Crippen molar-refractivity contribution >= 4 is 17.3 Å². The van der Waals surface area contributed by atoms with E-state index in [4.69, 9.17) is 14.2 Å². The molecule has 1 aromatic rings. The predicted octanol–water partition coefficient (Wildman–Crippen LogP) is 3.96. The molecule has 1 saturated heterocycles. The van der Waals surface area contributed by atoms with Crippen molar-refractivity contribution in [2.24, 2.45) is 5.41 Å². The number of carbonyl (C=O) groups is 2. The molecule has 0 radical (unpaired) electrons. The van der Waals surface area contributed by atoms with E-state index in [0.29, 0.717) is 19.6 Å². The van der Waals surface area contributed by atoms with Crippen molar-refractivity contribution in [2.45, 2.75) is 52.1 Å². The number of ketones is 1. The molecule has 30 heavy (non-hydrogen) atoms. The van der Waals surface area contributed by atoms with Gasteiger partial charge in [0.15, 0.2) is 5.78 Å². The Balaban J connectivity index is 1.97. The lowest BCUT2D eigenvalue weighted by molar-refractivity contribution is -0.143. The van der Waals surface area contributed by atoms with Gasteiger partial charge in [0.25, 0.3) is 0 Å². The van der Waals surface area contributed by atoms with Gasteiger partial charge in [-0.2, -0.15) is 0 Å². The molecule has 1 aromatic carbocycles. The highest BCUT2D eigenvalue weighted by molar-refractivity contribution is 6.17. The number of hydrogen-bond acceptors (Lipinski definition) is 5. The lowest BCUT2D eigenvalue weighted by atomic mass is 9.74. The van der Waals surface area contributed by atoms with Crippen molar-refractivity contribution in [1.82, 2.24) is 0 Å². The molecule has 6 heteroatoms. The summed E-state index contributed by atoms with van der Waals surface area (Å²) in [6.45, 7) is 5.20. The first-order valence-electron chi connectivity index (χ1n) is 10.5. The average Bonchev–Trinajstić information content (AvgIpc) is 2.79. The summed E-state index contributed by atoms with van der Waals surface area (Å²) in [6.07, 6.45) is 4.49. The third-order valence-corrected chi connectivity index (χ3v) is 6.37. The SMILES string of the molecule is CCc1cc2c(cc1OC)OC(C1(C)COC1)C1=C2CCCCC(=O)/C(C(=O)O)=C\1. The maximum atomic E-state index is 12.6. The second-order valence-corrected chi connectivity index (χ2v) is 8.59. The van der Waals surface area contributed by atoms with Crippen LogP contribution in [0.3, 0.4) is 0 Å². The zero-order valence-electron chi connectivity index (χ0n) is 17.7. The molecule has 1 fully saturated rings. The lowest BCUT2D eigenvalue weighted by Crippen LogP contribution is -2.53. The van der Waals surface area contributed by atoms with Gasteiger partial charge in [-0.1, -0.05) is 13.8 Å². The first-order chi connectivity index (χ1) is 14.4. The zero-order valence-corrected chi connectivity index (χ0v) is 17.7. The van der Waals surface area contributed by atoms with E-state index in [2.05, 4.69) is 19.9 Å². The van der Waals surface area contributed by atoms with Gasteiger partial charge in [0.05, 0.1) is 25.7 Å². The maximum Gasteiger partial charge on any atom is 0.339 e. The van der Waals surface area contributed by atoms with E-state index in [1.807, 2.05) is 6.07 Å². The van der Waals surface area contributed by atoms with Gasteiger partial charge in [-0.3, -0.25) is 4.79 Å². The van der Waals surface area contributed by atoms with Gasteiger partial charge < -0.3 is 19.3 Å². The number of Topliss-reactive ketones (excluding diaryl/α,β-unsaturated/α-hetero) is 1. The van der Waals surface area contributed by atoms with Crippen LogP contribution in [0.25, 0.3) is 5.57 Å². The Kier molecular flexibility index (Phi) is 5.45. The van der Waals surface area contributed by atoms with Crippen LogP contribution in [0.1, 0.15) is 50.7 Å². The van der Waals surface area contributed by atoms with Gasteiger partial charge in [0, 0.05) is 18.1 Å². The van der Waals surface area contributed by atoms with E-state index in [-0.39, 0.29) is 29.3 Å². The van der Waals surface area contributed by atoms with Crippen LogP contribution in [0, 0.1) is 5.41 Å². The molecule has 1 N–H and O–H groups in total. The summed E-state index contributed by atoms with van der Waals surface area (Å²) >= 11 is 0. The molecular formula is C24H28O6. The molecule has 0 amide bonds. The fraction of sp³-hybridized carbons (Fsp3) is 0.500. The molecular weight excluding hydrogens is 384 g/mol. The minimum atomic E-state index is -1.18. The zero-order chi connectivity index (χ0) is 21.5. The average molecular weight is 412 g/mol. The molecule has 2 aliphatic heterocycles. The molecule has 0 aromatic heterocycles. The first kappa shape index (κ1) is 20.7. The standard InChI is InChI=1S/C24H28O6/c1-4-14-9-16-15-7-5-6-8-19(25)18(23(26)27)10-17(15)22(24(2)12-29-13-24)30-21(16)11-20(14)28-3/h9-11,22H,4-8,12-13H2,1-3H3,(H,26,27)/b18-10+. The number of hydrogen-bond donors (Lipinski definition) is 1. The summed E-state index contributed by atoms with van der Waals surface area (Å²) < 4.78 is 17.5. The van der Waals surface area contributed by atoms with Gasteiger partial charge in [-0.15, -0.1) is 0 Å². The van der Waals surface area contributed by atoms with Crippen LogP contribution in [0.2, 0.25) is 0 Å². The number of carbonyl (C=O) groups excluding carboxylic acids is 1. The number of aliphatic carboxylic acids is 1. The van der Waals surface area contributed by atoms with Crippen molar-refractivity contribution < 1.29 is 28.9 Å². The molecule has 0 bridgehead atoms. The van der Waals surface area contributed by atoms with Crippen LogP contribution in [-0.4, -0.2) is 43.3 Å². The van der Waals surface area contributed by atoms with E-state index >= 15 is 0 Å². The molecule has 4 rings (SSSR count). The van der Waals surface area contributed by atoms with Gasteiger partial charge in [-0.05, 0) is 54.5 Å². The van der Waals surface area contributed by atoms with Crippen LogP contribution < -0.4 is 9.47 Å². The molecule has 2 heterocycles. The summed E-state index contributed by atoms with van der Waals surface area (Å²) in [5.74, 6) is 0.0305. The molecule has 3 aliphatic rings. The van der Waals surface area contributed by atoms with Gasteiger partial charge >= 0.3 is 5.97 Å². The third-order valence-electron chi connectivity index (χ3n) is 6.37. The van der Waals surface area contributed by atoms with Gasteiger partial charge in [-0.25, -0.2) is 4.79 Å². The molecule has 1 aliphatic carbocycles. The topological polar surface area (TPSA) is 82.1 Å². The lowest BCUT2D eigenvalue weighted by Gasteiger charge is -2.47. The van der Waals surface area contributed by atoms with Gasteiger partial charge in [0.1, 0.15) is 23.2 Å². The summed E-state index contributed by atoms with van der Waals surface area (Å²) in [6, 6.07) is 4.03. The fourth-order valence-electron chi connectivity index (χ4n) is 4.58. The smallest absolute Gasteiger partial charge is 0.339 e. The number of carboxylic acids is 1. The predicted molar refractivity (Wildman–Crippen MR) is 112 cm³/mol. The molecule has 6 nitrogen and oxygen atoms in total. The second-order valence-electron chi connectivity index (χ2n) is 8.59. The number of rotatable bonds is 4. The normalized spacial score (nSPS) is 24.7. The number of carboxylic acid groups (broad SMARTS) is 1. The quantitative estimate of drug-likeness (QED) is 0.754. The van der Waals surface area contributed by atoms with Crippen molar-refractivity contribution in [3.63, 3.8) is 0 Å². The Hall–Kier alpha value is -2.60. The molecule has 1 atom stereocenters. The van der Waals surface area contributed by atoms with Crippen LogP contribution in [-0.2, 0) is 20.7 Å². The summed E-state index contributed by atoms with van der Waals surface area (Å²) in [4.78, 5) is 24.4. The number of allylic oxidation sites excluding steroid dienone is 1. The molecule has 160 valence electrons. The number of fused-ring (bicyclic) bond motifs is 2. The van der Waals surface area contributed by atoms with Crippen molar-refractivity contribution in [1.29, 1.82) is 0 Å². The first-order valence-corrected chi connectivity index (χ1v) is 10.5. The number of benzene rings is 1. The Morgan fingerprint density at radius 2 is 2.00 bits per heavy atom. The summed E-state index contributed by atoms with van der Waals surface area (Å²) in [7, 11) is 1.65. The van der Waals surface area contributed by atoms with Crippen molar-refractivity contribution in [3.05, 3.63) is 40.5 Å². The number of aryl methyl sites for hydroxylation is 1. The highest BCUT2D eigenvalue weighted by Gasteiger charge is 2.47. The van der Waals surface area contributed by atoms with Crippen molar-refractivity contribution in [3.8, 4) is 11.5 Å². The Morgan fingerprint density at radius 1 is 1.27 bits per heavy atom. The Bertz CT molecular complexity index is 951. The van der Waals surface area contributed by atoms with Crippen LogP contribution >= 0.6 is 0 Å². The molecule has 1 unspecified atom stereocenters. The highest BCUT2D eigenvalue weighted by Crippen LogP contribution is 2.48. The maximum absolute atomic E-state index is 12.6. The Labute approximate surface area is 176 Å². The molecule has 0 spiro atoms. The third kappa shape index (κ3) is 3.43. The Morgan fingerprint density at radius 3 is 2.60 bits per heavy atom. The minimum absolute atomic E-state index is 0.158. The second kappa shape index (κ2) is 7.91. The van der Waals surface area contributed by atoms with Gasteiger partial charge in [0.2, 0.25) is 0 Å². The fourth-order valence-corrected chi connectivity index (χ4v) is 4.58. The summed E-state index contributed by atoms with van der Waals surface area (Å²) in [5.41, 5.74) is 3.47. The van der Waals surface area contributed by atoms with E-state index in [0.717, 1.165) is 53.0 Å². The van der Waals surface area contributed by atoms with E-state index in [1.165, 1.54) is 0 Å². The number of methoxy groups -OCH3 is 1. The summed E-state index contributed by atoms with van der Waals surface area (Å²) in [5, 5.41) is 9.72. The molecule has 0 saturated carbocycles. The minimum Gasteiger partial charge on any atom is -0.496 e. The van der Waals surface area contributed by atoms with Crippen LogP contribution in [0.4, 0.5) is 0 Å².